The first-order valence-electron chi connectivity index (χ1n) is 4.39. The largest absolute Gasteiger partial charge is 0.373 e. The zero-order chi connectivity index (χ0) is 9.26. The third-order valence-electron chi connectivity index (χ3n) is 2.21. The molecule has 1 N–H and O–H groups in total. The Morgan fingerprint density at radius 2 is 2.38 bits per heavy atom. The van der Waals surface area contributed by atoms with Crippen LogP contribution in [0.2, 0.25) is 0 Å². The topological polar surface area (TPSA) is 47.0 Å². The molecule has 1 heterocycles. The summed E-state index contributed by atoms with van der Waals surface area (Å²) in [5.74, 6) is 1.48. The molecule has 2 rings (SSSR count). The molecule has 72 valence electrons. The predicted molar refractivity (Wildman–Crippen MR) is 51.9 cm³/mol. The summed E-state index contributed by atoms with van der Waals surface area (Å²) in [6.07, 6.45) is 2.59. The molecule has 13 heavy (non-hydrogen) atoms. The molecule has 1 aliphatic carbocycles. The van der Waals surface area contributed by atoms with Crippen LogP contribution in [0.25, 0.3) is 0 Å². The van der Waals surface area contributed by atoms with Crippen molar-refractivity contribution in [1.29, 1.82) is 0 Å². The summed E-state index contributed by atoms with van der Waals surface area (Å²) in [5.41, 5.74) is 0. The summed E-state index contributed by atoms with van der Waals surface area (Å²) in [6, 6.07) is 0. The minimum Gasteiger partial charge on any atom is -0.373 e. The van der Waals surface area contributed by atoms with E-state index in [1.165, 1.54) is 24.4 Å². The molecule has 1 fully saturated rings. The molecule has 1 aliphatic rings. The van der Waals surface area contributed by atoms with Crippen LogP contribution in [0.5, 0.6) is 0 Å². The Morgan fingerprint density at radius 3 is 2.85 bits per heavy atom. The number of methoxy groups -OCH3 is 1. The van der Waals surface area contributed by atoms with Crippen LogP contribution in [-0.4, -0.2) is 23.5 Å². The SMILES string of the molecule is CNc1nc(C(OC)C2CC2)ns1. The van der Waals surface area contributed by atoms with E-state index in [2.05, 4.69) is 14.7 Å². The number of rotatable bonds is 4. The number of aromatic nitrogens is 2. The molecule has 0 amide bonds. The summed E-state index contributed by atoms with van der Waals surface area (Å²) >= 11 is 1.39. The highest BCUT2D eigenvalue weighted by molar-refractivity contribution is 7.09. The van der Waals surface area contributed by atoms with E-state index in [9.17, 15) is 0 Å². The number of ether oxygens (including phenoxy) is 1. The number of anilines is 1. The molecular weight excluding hydrogens is 186 g/mol. The zero-order valence-corrected chi connectivity index (χ0v) is 8.60. The van der Waals surface area contributed by atoms with Crippen molar-refractivity contribution in [3.8, 4) is 0 Å². The van der Waals surface area contributed by atoms with Crippen LogP contribution in [0.4, 0.5) is 5.13 Å². The van der Waals surface area contributed by atoms with Gasteiger partial charge in [-0.05, 0) is 18.8 Å². The van der Waals surface area contributed by atoms with Crippen molar-refractivity contribution >= 4 is 16.7 Å². The third kappa shape index (κ3) is 1.81. The Kier molecular flexibility index (Phi) is 2.46. The van der Waals surface area contributed by atoms with Gasteiger partial charge in [-0.15, -0.1) is 0 Å². The predicted octanol–water partition coefficient (Wildman–Crippen LogP) is 1.68. The highest BCUT2D eigenvalue weighted by Crippen LogP contribution is 2.42. The number of nitrogens with one attached hydrogen (secondary N) is 1. The van der Waals surface area contributed by atoms with Crippen LogP contribution in [0, 0.1) is 5.92 Å². The van der Waals surface area contributed by atoms with E-state index in [0.717, 1.165) is 11.0 Å². The monoisotopic (exact) mass is 199 g/mol. The standard InChI is InChI=1S/C8H13N3OS/c1-9-8-10-7(11-13-8)6(12-2)5-3-4-5/h5-6H,3-4H2,1-2H3,(H,9,10,11). The van der Waals surface area contributed by atoms with Gasteiger partial charge >= 0.3 is 0 Å². The van der Waals surface area contributed by atoms with Gasteiger partial charge in [-0.3, -0.25) is 0 Å². The highest BCUT2D eigenvalue weighted by atomic mass is 32.1. The Balaban J connectivity index is 2.12. The molecule has 0 aromatic carbocycles. The molecule has 1 aromatic heterocycles. The molecule has 1 unspecified atom stereocenters. The molecule has 0 aliphatic heterocycles. The van der Waals surface area contributed by atoms with Crippen molar-refractivity contribution in [2.45, 2.75) is 18.9 Å². The van der Waals surface area contributed by atoms with Gasteiger partial charge in [0.2, 0.25) is 5.13 Å². The van der Waals surface area contributed by atoms with Crippen LogP contribution in [0.1, 0.15) is 24.8 Å². The maximum absolute atomic E-state index is 5.37. The maximum Gasteiger partial charge on any atom is 0.202 e. The Labute approximate surface area is 81.5 Å². The fourth-order valence-electron chi connectivity index (χ4n) is 1.36. The van der Waals surface area contributed by atoms with Crippen LogP contribution in [0.3, 0.4) is 0 Å². The van der Waals surface area contributed by atoms with Gasteiger partial charge < -0.3 is 10.1 Å². The Hall–Kier alpha value is -0.680. The lowest BCUT2D eigenvalue weighted by molar-refractivity contribution is 0.0783. The normalized spacial score (nSPS) is 18.6. The van der Waals surface area contributed by atoms with Crippen molar-refractivity contribution in [3.63, 3.8) is 0 Å². The molecular formula is C8H13N3OS. The van der Waals surface area contributed by atoms with Crippen LogP contribution in [-0.2, 0) is 4.74 Å². The summed E-state index contributed by atoms with van der Waals surface area (Å²) in [5, 5.41) is 3.83. The van der Waals surface area contributed by atoms with Gasteiger partial charge in [-0.25, -0.2) is 4.98 Å². The molecule has 1 atom stereocenters. The average molecular weight is 199 g/mol. The second kappa shape index (κ2) is 3.59. The van der Waals surface area contributed by atoms with Gasteiger partial charge in [0.25, 0.3) is 0 Å². The van der Waals surface area contributed by atoms with Gasteiger partial charge in [0, 0.05) is 25.7 Å². The Bertz CT molecular complexity index is 285. The van der Waals surface area contributed by atoms with Gasteiger partial charge in [0.15, 0.2) is 5.82 Å². The van der Waals surface area contributed by atoms with Crippen molar-refractivity contribution in [2.24, 2.45) is 5.92 Å². The lowest BCUT2D eigenvalue weighted by Gasteiger charge is -2.08. The second-order valence-corrected chi connectivity index (χ2v) is 3.95. The van der Waals surface area contributed by atoms with Gasteiger partial charge in [0.1, 0.15) is 6.10 Å². The van der Waals surface area contributed by atoms with Crippen LogP contribution in [0.15, 0.2) is 0 Å². The molecule has 0 saturated heterocycles. The molecule has 0 spiro atoms. The molecule has 1 aromatic rings. The van der Waals surface area contributed by atoms with E-state index in [0.29, 0.717) is 5.92 Å². The van der Waals surface area contributed by atoms with E-state index in [-0.39, 0.29) is 6.10 Å². The van der Waals surface area contributed by atoms with E-state index in [1.807, 2.05) is 7.05 Å². The molecule has 1 saturated carbocycles. The minimum atomic E-state index is 0.110. The van der Waals surface area contributed by atoms with E-state index < -0.39 is 0 Å². The first kappa shape index (κ1) is 8.90. The number of nitrogens with zero attached hydrogens (tertiary/aromatic N) is 2. The fraction of sp³-hybridized carbons (Fsp3) is 0.750. The Morgan fingerprint density at radius 1 is 1.62 bits per heavy atom. The summed E-state index contributed by atoms with van der Waals surface area (Å²) in [7, 11) is 3.58. The van der Waals surface area contributed by atoms with E-state index in [1.54, 1.807) is 7.11 Å². The van der Waals surface area contributed by atoms with Crippen LogP contribution >= 0.6 is 11.5 Å². The van der Waals surface area contributed by atoms with Crippen molar-refractivity contribution in [1.82, 2.24) is 9.36 Å². The third-order valence-corrected chi connectivity index (χ3v) is 2.96. The fourth-order valence-corrected chi connectivity index (χ4v) is 1.91. The first-order valence-corrected chi connectivity index (χ1v) is 5.16. The summed E-state index contributed by atoms with van der Waals surface area (Å²) < 4.78 is 9.63. The molecule has 4 nitrogen and oxygen atoms in total. The van der Waals surface area contributed by atoms with Crippen molar-refractivity contribution in [3.05, 3.63) is 5.82 Å². The summed E-state index contributed by atoms with van der Waals surface area (Å²) in [6.45, 7) is 0. The zero-order valence-electron chi connectivity index (χ0n) is 7.78. The molecule has 0 radical (unpaired) electrons. The van der Waals surface area contributed by atoms with Crippen LogP contribution < -0.4 is 5.32 Å². The van der Waals surface area contributed by atoms with Gasteiger partial charge in [-0.1, -0.05) is 0 Å². The van der Waals surface area contributed by atoms with Gasteiger partial charge in [-0.2, -0.15) is 4.37 Å². The minimum absolute atomic E-state index is 0.110. The highest BCUT2D eigenvalue weighted by Gasteiger charge is 2.34. The maximum atomic E-state index is 5.37. The number of hydrogen-bond donors (Lipinski definition) is 1. The lowest BCUT2D eigenvalue weighted by atomic mass is 10.2. The number of hydrogen-bond acceptors (Lipinski definition) is 5. The first-order chi connectivity index (χ1) is 6.35. The average Bonchev–Trinajstić information content (AvgIpc) is 2.85. The van der Waals surface area contributed by atoms with E-state index in [4.69, 9.17) is 4.74 Å². The second-order valence-electron chi connectivity index (χ2n) is 3.20. The molecule has 5 heteroatoms. The van der Waals surface area contributed by atoms with Gasteiger partial charge in [0.05, 0.1) is 0 Å². The lowest BCUT2D eigenvalue weighted by Crippen LogP contribution is -2.05. The van der Waals surface area contributed by atoms with E-state index >= 15 is 0 Å². The quantitative estimate of drug-likeness (QED) is 0.801. The van der Waals surface area contributed by atoms with Crippen molar-refractivity contribution in [2.75, 3.05) is 19.5 Å². The summed E-state index contributed by atoms with van der Waals surface area (Å²) in [4.78, 5) is 4.33. The smallest absolute Gasteiger partial charge is 0.202 e. The molecule has 0 bridgehead atoms. The van der Waals surface area contributed by atoms with Crippen molar-refractivity contribution < 1.29 is 4.74 Å².